The van der Waals surface area contributed by atoms with Gasteiger partial charge in [-0.15, -0.1) is 0 Å². The fourth-order valence-corrected chi connectivity index (χ4v) is 2.49. The zero-order valence-electron chi connectivity index (χ0n) is 11.4. The number of ketones is 1. The maximum atomic E-state index is 12.0. The van der Waals surface area contributed by atoms with Gasteiger partial charge in [0.05, 0.1) is 11.5 Å². The van der Waals surface area contributed by atoms with Gasteiger partial charge in [0.25, 0.3) is 10.0 Å². The van der Waals surface area contributed by atoms with Crippen molar-refractivity contribution < 1.29 is 18.0 Å². The van der Waals surface area contributed by atoms with Crippen molar-refractivity contribution >= 4 is 15.8 Å². The van der Waals surface area contributed by atoms with E-state index in [1.54, 1.807) is 0 Å². The Morgan fingerprint density at radius 3 is 2.24 bits per heavy atom. The van der Waals surface area contributed by atoms with Crippen LogP contribution in [0.25, 0.3) is 0 Å². The summed E-state index contributed by atoms with van der Waals surface area (Å²) < 4.78 is 24.0. The molecule has 0 bridgehead atoms. The number of carbonyl (C=O) groups excluding carboxylic acids is 1. The Labute approximate surface area is 123 Å². The smallest absolute Gasteiger partial charge is 0.262 e. The maximum Gasteiger partial charge on any atom is 0.262 e. The summed E-state index contributed by atoms with van der Waals surface area (Å²) in [6.45, 7) is 1.55. The summed E-state index contributed by atoms with van der Waals surface area (Å²) in [6.07, 6.45) is 0. The van der Waals surface area contributed by atoms with Gasteiger partial charge in [-0.25, -0.2) is 8.42 Å². The fourth-order valence-electron chi connectivity index (χ4n) is 1.68. The highest BCUT2D eigenvalue weighted by molar-refractivity contribution is 7.89. The highest BCUT2D eigenvalue weighted by atomic mass is 32.2. The van der Waals surface area contributed by atoms with Crippen molar-refractivity contribution in [2.24, 2.45) is 0 Å². The van der Waals surface area contributed by atoms with Crippen LogP contribution in [0, 0.1) is 0 Å². The lowest BCUT2D eigenvalue weighted by atomic mass is 10.2. The Balaban J connectivity index is 2.00. The molecule has 110 valence electrons. The van der Waals surface area contributed by atoms with Crippen LogP contribution in [0.4, 0.5) is 0 Å². The molecule has 2 rings (SSSR count). The highest BCUT2D eigenvalue weighted by Gasteiger charge is 2.14. The number of Topliss-reactive ketones (excluding diaryl/α,β-unsaturated/α-hetero) is 1. The molecule has 21 heavy (non-hydrogen) atoms. The molecule has 5 nitrogen and oxygen atoms in total. The number of rotatable bonds is 6. The van der Waals surface area contributed by atoms with Crippen LogP contribution >= 0.6 is 0 Å². The molecule has 0 atom stereocenters. The van der Waals surface area contributed by atoms with Gasteiger partial charge in [0.2, 0.25) is 0 Å². The molecule has 6 heteroatoms. The number of sulfonamides is 1. The zero-order chi connectivity index (χ0) is 15.3. The van der Waals surface area contributed by atoms with Crippen molar-refractivity contribution in [2.45, 2.75) is 18.4 Å². The molecule has 0 amide bonds. The van der Waals surface area contributed by atoms with E-state index in [9.17, 15) is 13.2 Å². The van der Waals surface area contributed by atoms with E-state index in [2.05, 4.69) is 4.89 Å². The number of hydrogen-bond donors (Lipinski definition) is 1. The lowest BCUT2D eigenvalue weighted by Crippen LogP contribution is -2.24. The fraction of sp³-hybridized carbons (Fsp3) is 0.133. The van der Waals surface area contributed by atoms with Crippen LogP contribution in [0.15, 0.2) is 59.5 Å². The summed E-state index contributed by atoms with van der Waals surface area (Å²) in [4.78, 5) is 18.3. The minimum atomic E-state index is -3.76. The van der Waals surface area contributed by atoms with Gasteiger partial charge >= 0.3 is 0 Å². The van der Waals surface area contributed by atoms with Crippen molar-refractivity contribution in [1.82, 2.24) is 4.89 Å². The van der Waals surface area contributed by atoms with Crippen LogP contribution in [0.1, 0.15) is 22.8 Å². The summed E-state index contributed by atoms with van der Waals surface area (Å²) in [5, 5.41) is 0. The summed E-state index contributed by atoms with van der Waals surface area (Å²) >= 11 is 0. The average molecular weight is 305 g/mol. The Morgan fingerprint density at radius 2 is 1.67 bits per heavy atom. The third kappa shape index (κ3) is 4.22. The van der Waals surface area contributed by atoms with Gasteiger partial charge in [-0.2, -0.15) is 0 Å². The van der Waals surface area contributed by atoms with E-state index < -0.39 is 10.0 Å². The Kier molecular flexibility index (Phi) is 4.85. The molecular weight excluding hydrogens is 290 g/mol. The maximum absolute atomic E-state index is 12.0. The number of carbonyl (C=O) groups is 1. The molecule has 0 aliphatic heterocycles. The molecule has 0 saturated heterocycles. The summed E-state index contributed by atoms with van der Waals surface area (Å²) in [6, 6.07) is 14.9. The standard InChI is InChI=1S/C15H15NO4S/c1-12(17)14-7-9-15(10-8-14)21(18,19)16-20-11-13-5-3-2-4-6-13/h2-10,16H,11H2,1H3. The van der Waals surface area contributed by atoms with Gasteiger partial charge in [-0.1, -0.05) is 47.3 Å². The van der Waals surface area contributed by atoms with Gasteiger partial charge in [0.1, 0.15) is 0 Å². The van der Waals surface area contributed by atoms with Crippen molar-refractivity contribution in [2.75, 3.05) is 0 Å². The number of hydrogen-bond acceptors (Lipinski definition) is 4. The Hall–Kier alpha value is -2.02. The predicted octanol–water partition coefficient (Wildman–Crippen LogP) is 2.30. The molecule has 2 aromatic carbocycles. The average Bonchev–Trinajstić information content (AvgIpc) is 2.48. The van der Waals surface area contributed by atoms with Crippen LogP contribution in [-0.2, 0) is 21.5 Å². The Morgan fingerprint density at radius 1 is 1.05 bits per heavy atom. The SMILES string of the molecule is CC(=O)c1ccc(S(=O)(=O)NOCc2ccccc2)cc1. The van der Waals surface area contributed by atoms with Gasteiger partial charge in [-0.3, -0.25) is 9.63 Å². The number of benzene rings is 2. The third-order valence-electron chi connectivity index (χ3n) is 2.82. The first kappa shape index (κ1) is 15.4. The second kappa shape index (κ2) is 6.62. The predicted molar refractivity (Wildman–Crippen MR) is 78.0 cm³/mol. The summed E-state index contributed by atoms with van der Waals surface area (Å²) in [7, 11) is -3.76. The zero-order valence-corrected chi connectivity index (χ0v) is 12.3. The van der Waals surface area contributed by atoms with Crippen LogP contribution < -0.4 is 4.89 Å². The largest absolute Gasteiger partial charge is 0.295 e. The molecule has 0 radical (unpaired) electrons. The quantitative estimate of drug-likeness (QED) is 0.656. The van der Waals surface area contributed by atoms with Crippen molar-refractivity contribution in [3.8, 4) is 0 Å². The van der Waals surface area contributed by atoms with E-state index in [0.717, 1.165) is 5.56 Å². The summed E-state index contributed by atoms with van der Waals surface area (Å²) in [5.74, 6) is -0.118. The second-order valence-electron chi connectivity index (χ2n) is 4.44. The van der Waals surface area contributed by atoms with Gasteiger partial charge < -0.3 is 0 Å². The highest BCUT2D eigenvalue weighted by Crippen LogP contribution is 2.11. The molecule has 1 N–H and O–H groups in total. The number of nitrogens with one attached hydrogen (secondary N) is 1. The van der Waals surface area contributed by atoms with Crippen molar-refractivity contribution in [3.05, 3.63) is 65.7 Å². The van der Waals surface area contributed by atoms with E-state index >= 15 is 0 Å². The molecule has 2 aromatic rings. The lowest BCUT2D eigenvalue weighted by Gasteiger charge is -2.07. The topological polar surface area (TPSA) is 72.5 Å². The molecule has 0 fully saturated rings. The first-order valence-corrected chi connectivity index (χ1v) is 7.76. The molecule has 0 spiro atoms. The molecule has 0 aromatic heterocycles. The molecule has 0 heterocycles. The van der Waals surface area contributed by atoms with E-state index in [1.165, 1.54) is 31.2 Å². The summed E-state index contributed by atoms with van der Waals surface area (Å²) in [5.41, 5.74) is 1.31. The third-order valence-corrected chi connectivity index (χ3v) is 4.05. The van der Waals surface area contributed by atoms with E-state index in [0.29, 0.717) is 5.56 Å². The van der Waals surface area contributed by atoms with Gasteiger partial charge in [0, 0.05) is 5.56 Å². The monoisotopic (exact) mass is 305 g/mol. The normalized spacial score (nSPS) is 11.3. The van der Waals surface area contributed by atoms with Crippen LogP contribution in [-0.4, -0.2) is 14.2 Å². The van der Waals surface area contributed by atoms with Crippen molar-refractivity contribution in [1.29, 1.82) is 0 Å². The first-order valence-electron chi connectivity index (χ1n) is 6.27. The molecule has 0 saturated carbocycles. The van der Waals surface area contributed by atoms with Crippen molar-refractivity contribution in [3.63, 3.8) is 0 Å². The molecule has 0 aliphatic rings. The van der Waals surface area contributed by atoms with E-state index in [1.807, 2.05) is 30.3 Å². The minimum Gasteiger partial charge on any atom is -0.295 e. The van der Waals surface area contributed by atoms with E-state index in [4.69, 9.17) is 4.84 Å². The van der Waals surface area contributed by atoms with Gasteiger partial charge in [0.15, 0.2) is 5.78 Å². The lowest BCUT2D eigenvalue weighted by molar-refractivity contribution is 0.0795. The minimum absolute atomic E-state index is 0.0422. The molecule has 0 unspecified atom stereocenters. The van der Waals surface area contributed by atoms with Crippen LogP contribution in [0.5, 0.6) is 0 Å². The van der Waals surface area contributed by atoms with Crippen LogP contribution in [0.2, 0.25) is 0 Å². The Bertz CT molecular complexity index is 709. The first-order chi connectivity index (χ1) is 9.99. The van der Waals surface area contributed by atoms with Gasteiger partial charge in [-0.05, 0) is 24.6 Å². The second-order valence-corrected chi connectivity index (χ2v) is 6.09. The van der Waals surface area contributed by atoms with Crippen LogP contribution in [0.3, 0.4) is 0 Å². The molecule has 0 aliphatic carbocycles. The molecular formula is C15H15NO4S. The van der Waals surface area contributed by atoms with E-state index in [-0.39, 0.29) is 17.3 Å².